The standard InChI is InChI=1S/C50H51N3/c1-32-18-19-34(47-51-43-16-11-12-17-46(43)53(47)38-24-20-35(21-25-38)48(2,3)4)29-40(32)33-14-13-15-39(28-33)52-44-26-22-36(49(5,6)7)30-41(44)42-31-37(50(8,9)10)23-27-45(42)52/h11-31H,1-10H3. The van der Waals surface area contributed by atoms with Crippen LogP contribution in [0.5, 0.6) is 0 Å². The number of aromatic nitrogens is 3. The van der Waals surface area contributed by atoms with Gasteiger partial charge < -0.3 is 4.57 Å². The quantitative estimate of drug-likeness (QED) is 0.180. The van der Waals surface area contributed by atoms with Crippen LogP contribution in [0.2, 0.25) is 0 Å². The molecule has 0 atom stereocenters. The Balaban J connectivity index is 1.28. The van der Waals surface area contributed by atoms with E-state index in [1.54, 1.807) is 0 Å². The summed E-state index contributed by atoms with van der Waals surface area (Å²) in [6.07, 6.45) is 0. The first-order valence-corrected chi connectivity index (χ1v) is 19.0. The van der Waals surface area contributed by atoms with E-state index in [2.05, 4.69) is 206 Å². The van der Waals surface area contributed by atoms with E-state index in [4.69, 9.17) is 4.98 Å². The van der Waals surface area contributed by atoms with Gasteiger partial charge in [0.2, 0.25) is 0 Å². The molecule has 0 bridgehead atoms. The highest BCUT2D eigenvalue weighted by atomic mass is 15.1. The molecular weight excluding hydrogens is 643 g/mol. The molecule has 0 spiro atoms. The summed E-state index contributed by atoms with van der Waals surface area (Å²) >= 11 is 0. The van der Waals surface area contributed by atoms with Crippen molar-refractivity contribution >= 4 is 32.8 Å². The van der Waals surface area contributed by atoms with Crippen LogP contribution in [0.25, 0.3) is 66.7 Å². The third-order valence-corrected chi connectivity index (χ3v) is 11.0. The van der Waals surface area contributed by atoms with Gasteiger partial charge in [-0.2, -0.15) is 0 Å². The molecule has 0 aliphatic heterocycles. The summed E-state index contributed by atoms with van der Waals surface area (Å²) in [5.74, 6) is 0.943. The minimum atomic E-state index is 0.0587. The van der Waals surface area contributed by atoms with E-state index in [0.717, 1.165) is 33.8 Å². The van der Waals surface area contributed by atoms with Gasteiger partial charge in [0.15, 0.2) is 0 Å². The lowest BCUT2D eigenvalue weighted by molar-refractivity contribution is 0.590. The maximum absolute atomic E-state index is 5.23. The number of nitrogens with zero attached hydrogens (tertiary/aromatic N) is 3. The third kappa shape index (κ3) is 6.16. The maximum atomic E-state index is 5.23. The lowest BCUT2D eigenvalue weighted by atomic mass is 9.85. The summed E-state index contributed by atoms with van der Waals surface area (Å²) in [7, 11) is 0. The van der Waals surface area contributed by atoms with Crippen LogP contribution in [0.3, 0.4) is 0 Å². The first-order valence-electron chi connectivity index (χ1n) is 19.0. The van der Waals surface area contributed by atoms with E-state index >= 15 is 0 Å². The Morgan fingerprint density at radius 2 is 1.02 bits per heavy atom. The second kappa shape index (κ2) is 12.3. The molecule has 0 fully saturated rings. The van der Waals surface area contributed by atoms with E-state index in [9.17, 15) is 0 Å². The molecule has 0 N–H and O–H groups in total. The van der Waals surface area contributed by atoms with Crippen molar-refractivity contribution in [1.82, 2.24) is 14.1 Å². The van der Waals surface area contributed by atoms with Gasteiger partial charge in [-0.15, -0.1) is 0 Å². The van der Waals surface area contributed by atoms with Crippen LogP contribution < -0.4 is 0 Å². The van der Waals surface area contributed by atoms with Crippen LogP contribution in [0.15, 0.2) is 127 Å². The molecule has 0 aliphatic rings. The number of imidazole rings is 1. The molecule has 266 valence electrons. The van der Waals surface area contributed by atoms with Gasteiger partial charge in [0.25, 0.3) is 0 Å². The minimum Gasteiger partial charge on any atom is -0.309 e. The molecule has 3 nitrogen and oxygen atoms in total. The van der Waals surface area contributed by atoms with Gasteiger partial charge in [-0.1, -0.05) is 123 Å². The van der Waals surface area contributed by atoms with Crippen molar-refractivity contribution in [2.75, 3.05) is 0 Å². The smallest absolute Gasteiger partial charge is 0.145 e. The van der Waals surface area contributed by atoms with Crippen molar-refractivity contribution in [1.29, 1.82) is 0 Å². The Bertz CT molecular complexity index is 2590. The van der Waals surface area contributed by atoms with Crippen molar-refractivity contribution in [2.45, 2.75) is 85.5 Å². The fourth-order valence-electron chi connectivity index (χ4n) is 7.71. The van der Waals surface area contributed by atoms with Crippen molar-refractivity contribution in [2.24, 2.45) is 0 Å². The van der Waals surface area contributed by atoms with Gasteiger partial charge in [0.1, 0.15) is 5.82 Å². The first kappa shape index (κ1) is 34.7. The van der Waals surface area contributed by atoms with Crippen molar-refractivity contribution in [3.63, 3.8) is 0 Å². The number of hydrogen-bond acceptors (Lipinski definition) is 1. The number of hydrogen-bond donors (Lipinski definition) is 0. The second-order valence-corrected chi connectivity index (χ2v) is 17.9. The summed E-state index contributed by atoms with van der Waals surface area (Å²) in [6.45, 7) is 22.8. The van der Waals surface area contributed by atoms with Crippen LogP contribution in [0.1, 0.15) is 84.6 Å². The predicted octanol–water partition coefficient (Wildman–Crippen LogP) is 13.7. The normalized spacial score (nSPS) is 12.7. The SMILES string of the molecule is Cc1ccc(-c2nc3ccccc3n2-c2ccc(C(C)(C)C)cc2)cc1-c1cccc(-n2c3ccc(C(C)(C)C)cc3c3cc(C(C)(C)C)ccc32)c1. The minimum absolute atomic E-state index is 0.0587. The monoisotopic (exact) mass is 693 g/mol. The Kier molecular flexibility index (Phi) is 8.07. The number of rotatable bonds is 4. The maximum Gasteiger partial charge on any atom is 0.145 e. The van der Waals surface area contributed by atoms with E-state index in [1.165, 1.54) is 55.2 Å². The van der Waals surface area contributed by atoms with Crippen LogP contribution in [0.4, 0.5) is 0 Å². The van der Waals surface area contributed by atoms with Crippen molar-refractivity contribution in [3.8, 4) is 33.9 Å². The lowest BCUT2D eigenvalue weighted by Gasteiger charge is -2.20. The van der Waals surface area contributed by atoms with Crippen LogP contribution in [-0.4, -0.2) is 14.1 Å². The van der Waals surface area contributed by atoms with Gasteiger partial charge in [-0.05, 0) is 123 Å². The Morgan fingerprint density at radius 3 is 1.62 bits per heavy atom. The van der Waals surface area contributed by atoms with Crippen molar-refractivity contribution < 1.29 is 0 Å². The average molecular weight is 694 g/mol. The molecule has 0 aliphatic carbocycles. The highest BCUT2D eigenvalue weighted by Gasteiger charge is 2.22. The summed E-state index contributed by atoms with van der Waals surface area (Å²) < 4.78 is 4.76. The molecule has 0 radical (unpaired) electrons. The molecule has 53 heavy (non-hydrogen) atoms. The Morgan fingerprint density at radius 1 is 0.434 bits per heavy atom. The van der Waals surface area contributed by atoms with Crippen LogP contribution >= 0.6 is 0 Å². The number of aryl methyl sites for hydroxylation is 1. The highest BCUT2D eigenvalue weighted by Crippen LogP contribution is 2.39. The molecule has 8 rings (SSSR count). The summed E-state index contributed by atoms with van der Waals surface area (Å²) in [6, 6.07) is 47.4. The fourth-order valence-corrected chi connectivity index (χ4v) is 7.71. The van der Waals surface area contributed by atoms with Gasteiger partial charge in [-0.25, -0.2) is 4.98 Å². The average Bonchev–Trinajstić information content (AvgIpc) is 3.66. The molecular formula is C50H51N3. The molecule has 8 aromatic rings. The third-order valence-electron chi connectivity index (χ3n) is 11.0. The molecule has 0 unspecified atom stereocenters. The highest BCUT2D eigenvalue weighted by molar-refractivity contribution is 6.10. The number of para-hydroxylation sites is 2. The van der Waals surface area contributed by atoms with Gasteiger partial charge >= 0.3 is 0 Å². The number of fused-ring (bicyclic) bond motifs is 4. The topological polar surface area (TPSA) is 22.8 Å². The fraction of sp³-hybridized carbons (Fsp3) is 0.260. The van der Waals surface area contributed by atoms with E-state index in [0.29, 0.717) is 0 Å². The molecule has 0 amide bonds. The predicted molar refractivity (Wildman–Crippen MR) is 227 cm³/mol. The molecule has 6 aromatic carbocycles. The van der Waals surface area contributed by atoms with Gasteiger partial charge in [0, 0.05) is 27.7 Å². The zero-order valence-electron chi connectivity index (χ0n) is 33.0. The number of benzene rings is 6. The largest absolute Gasteiger partial charge is 0.309 e. The van der Waals surface area contributed by atoms with Gasteiger partial charge in [0.05, 0.1) is 22.1 Å². The molecule has 2 aromatic heterocycles. The van der Waals surface area contributed by atoms with E-state index in [1.807, 2.05) is 0 Å². The Hall–Kier alpha value is -5.41. The molecule has 0 saturated carbocycles. The van der Waals surface area contributed by atoms with Crippen molar-refractivity contribution in [3.05, 3.63) is 150 Å². The summed E-state index contributed by atoms with van der Waals surface area (Å²) in [5, 5.41) is 2.60. The molecule has 3 heteroatoms. The first-order chi connectivity index (χ1) is 25.1. The summed E-state index contributed by atoms with van der Waals surface area (Å²) in [5.41, 5.74) is 15.8. The van der Waals surface area contributed by atoms with Crippen LogP contribution in [0, 0.1) is 6.92 Å². The molecule has 0 saturated heterocycles. The van der Waals surface area contributed by atoms with Gasteiger partial charge in [-0.3, -0.25) is 4.57 Å². The van der Waals surface area contributed by atoms with Crippen LogP contribution in [-0.2, 0) is 16.2 Å². The zero-order chi connectivity index (χ0) is 37.4. The van der Waals surface area contributed by atoms with E-state index < -0.39 is 0 Å². The van der Waals surface area contributed by atoms with E-state index in [-0.39, 0.29) is 16.2 Å². The summed E-state index contributed by atoms with van der Waals surface area (Å²) in [4.78, 5) is 5.23. The second-order valence-electron chi connectivity index (χ2n) is 17.9. The molecule has 2 heterocycles. The zero-order valence-corrected chi connectivity index (χ0v) is 33.0. The lowest BCUT2D eigenvalue weighted by Crippen LogP contribution is -2.11. The Labute approximate surface area is 315 Å².